The van der Waals surface area contributed by atoms with Gasteiger partial charge in [0.2, 0.25) is 0 Å². The maximum Gasteiger partial charge on any atom is 0.341 e. The summed E-state index contributed by atoms with van der Waals surface area (Å²) in [6, 6.07) is 10.5. The van der Waals surface area contributed by atoms with E-state index in [1.54, 1.807) is 38.2 Å². The summed E-state index contributed by atoms with van der Waals surface area (Å²) in [6.45, 7) is 3.97. The van der Waals surface area contributed by atoms with Crippen LogP contribution in [0.4, 0.5) is 5.69 Å². The van der Waals surface area contributed by atoms with E-state index in [0.29, 0.717) is 17.8 Å². The van der Waals surface area contributed by atoms with Gasteiger partial charge < -0.3 is 14.0 Å². The summed E-state index contributed by atoms with van der Waals surface area (Å²) in [6.07, 6.45) is 2.86. The van der Waals surface area contributed by atoms with Crippen LogP contribution in [0.25, 0.3) is 16.7 Å². The first-order chi connectivity index (χ1) is 18.8. The van der Waals surface area contributed by atoms with Crippen LogP contribution >= 0.6 is 0 Å². The number of amides is 1. The Hall–Kier alpha value is -4.71. The molecule has 3 aromatic heterocycles. The summed E-state index contributed by atoms with van der Waals surface area (Å²) >= 11 is 0. The maximum atomic E-state index is 13.5. The van der Waals surface area contributed by atoms with Crippen LogP contribution in [0, 0.1) is 17.0 Å². The summed E-state index contributed by atoms with van der Waals surface area (Å²) in [7, 11) is 0. The third-order valence-corrected chi connectivity index (χ3v) is 6.56. The zero-order valence-corrected chi connectivity index (χ0v) is 21.3. The topological polar surface area (TPSA) is 147 Å². The van der Waals surface area contributed by atoms with Gasteiger partial charge in [0.1, 0.15) is 16.9 Å². The molecule has 0 spiro atoms. The van der Waals surface area contributed by atoms with Crippen molar-refractivity contribution < 1.29 is 24.0 Å². The molecule has 1 aliphatic rings. The Kier molecular flexibility index (Phi) is 7.03. The highest BCUT2D eigenvalue weighted by Crippen LogP contribution is 2.21. The number of carbonyl (C=O) groups excluding carboxylic acids is 2. The summed E-state index contributed by atoms with van der Waals surface area (Å²) in [5.41, 5.74) is 0.131. The molecular weight excluding hydrogens is 506 g/mol. The predicted octanol–water partition coefficient (Wildman–Crippen LogP) is 2.96. The second kappa shape index (κ2) is 10.6. The molecule has 1 aromatic carbocycles. The Morgan fingerprint density at radius 1 is 1.26 bits per heavy atom. The average molecular weight is 532 g/mol. The molecule has 4 aromatic rings. The van der Waals surface area contributed by atoms with Gasteiger partial charge in [-0.1, -0.05) is 12.1 Å². The predicted molar refractivity (Wildman–Crippen MR) is 140 cm³/mol. The summed E-state index contributed by atoms with van der Waals surface area (Å²) < 4.78 is 14.0. The lowest BCUT2D eigenvalue weighted by Crippen LogP contribution is -2.35. The summed E-state index contributed by atoms with van der Waals surface area (Å²) in [5.74, 6) is -1.58. The number of nitro groups is 1. The lowest BCUT2D eigenvalue weighted by atomic mass is 10.1. The molecule has 39 heavy (non-hydrogen) atoms. The number of ether oxygens (including phenoxy) is 2. The van der Waals surface area contributed by atoms with E-state index in [1.807, 2.05) is 0 Å². The van der Waals surface area contributed by atoms with Crippen molar-refractivity contribution in [3.05, 3.63) is 91.3 Å². The lowest BCUT2D eigenvalue weighted by molar-refractivity contribution is -0.385. The molecule has 1 atom stereocenters. The Morgan fingerprint density at radius 3 is 2.79 bits per heavy atom. The van der Waals surface area contributed by atoms with Crippen molar-refractivity contribution in [1.29, 1.82) is 0 Å². The van der Waals surface area contributed by atoms with Gasteiger partial charge in [0.25, 0.3) is 17.2 Å². The largest absolute Gasteiger partial charge is 0.462 e. The SMILES string of the molecule is CCOC(=O)c1cc2c(=O)n3ccccc3nc2n(C[C@@H]2CCCO2)c1=NC(=O)c1ccc(C)c([N+](=O)[O-])c1. The molecule has 12 nitrogen and oxygen atoms in total. The standard InChI is InChI=1S/C27H25N5O7/c1-3-38-27(35)20-14-19-23(28-22-8-4-5-11-30(22)26(19)34)31(15-18-7-6-12-39-18)24(20)29-25(33)17-10-9-16(2)21(13-17)32(36)37/h4-5,8-11,13-14,18H,3,6-7,12,15H2,1-2H3/t18-/m0/s1. The second-order valence-corrected chi connectivity index (χ2v) is 9.11. The van der Waals surface area contributed by atoms with E-state index < -0.39 is 22.4 Å². The number of fused-ring (bicyclic) bond motifs is 2. The van der Waals surface area contributed by atoms with Gasteiger partial charge in [0, 0.05) is 30.0 Å². The number of nitro benzene ring substituents is 1. The van der Waals surface area contributed by atoms with Gasteiger partial charge in [-0.2, -0.15) is 4.99 Å². The van der Waals surface area contributed by atoms with Crippen molar-refractivity contribution in [2.75, 3.05) is 13.2 Å². The fourth-order valence-corrected chi connectivity index (χ4v) is 4.62. The molecule has 5 rings (SSSR count). The first-order valence-electron chi connectivity index (χ1n) is 12.5. The van der Waals surface area contributed by atoms with Crippen LogP contribution in [0.2, 0.25) is 0 Å². The molecule has 4 heterocycles. The minimum Gasteiger partial charge on any atom is -0.462 e. The van der Waals surface area contributed by atoms with Crippen LogP contribution in [0.5, 0.6) is 0 Å². The molecule has 0 saturated carbocycles. The number of aromatic nitrogens is 3. The number of rotatable bonds is 6. The van der Waals surface area contributed by atoms with Gasteiger partial charge in [-0.25, -0.2) is 9.78 Å². The lowest BCUT2D eigenvalue weighted by Gasteiger charge is -2.18. The number of nitrogens with zero attached hydrogens (tertiary/aromatic N) is 5. The smallest absolute Gasteiger partial charge is 0.341 e. The fraction of sp³-hybridized carbons (Fsp3) is 0.296. The van der Waals surface area contributed by atoms with Gasteiger partial charge in [0.05, 0.1) is 29.6 Å². The molecule has 0 radical (unpaired) electrons. The number of hydrogen-bond acceptors (Lipinski definition) is 8. The van der Waals surface area contributed by atoms with Crippen LogP contribution < -0.4 is 11.0 Å². The van der Waals surface area contributed by atoms with Gasteiger partial charge in [-0.15, -0.1) is 0 Å². The first-order valence-corrected chi connectivity index (χ1v) is 12.5. The third-order valence-electron chi connectivity index (χ3n) is 6.56. The molecule has 0 unspecified atom stereocenters. The van der Waals surface area contributed by atoms with E-state index in [-0.39, 0.29) is 52.6 Å². The normalized spacial score (nSPS) is 15.6. The van der Waals surface area contributed by atoms with Crippen LogP contribution in [-0.4, -0.2) is 50.1 Å². The van der Waals surface area contributed by atoms with E-state index in [0.717, 1.165) is 18.9 Å². The molecule has 200 valence electrons. The van der Waals surface area contributed by atoms with Crippen LogP contribution in [0.15, 0.2) is 58.4 Å². The highest BCUT2D eigenvalue weighted by molar-refractivity contribution is 5.97. The number of benzene rings is 1. The van der Waals surface area contributed by atoms with Crippen molar-refractivity contribution in [1.82, 2.24) is 14.0 Å². The number of aryl methyl sites for hydroxylation is 1. The molecule has 0 N–H and O–H groups in total. The van der Waals surface area contributed by atoms with Crippen molar-refractivity contribution in [3.63, 3.8) is 0 Å². The van der Waals surface area contributed by atoms with E-state index in [9.17, 15) is 24.5 Å². The van der Waals surface area contributed by atoms with Gasteiger partial charge in [-0.05, 0) is 51.0 Å². The monoisotopic (exact) mass is 531 g/mol. The highest BCUT2D eigenvalue weighted by atomic mass is 16.6. The van der Waals surface area contributed by atoms with Crippen molar-refractivity contribution >= 4 is 34.2 Å². The molecule has 1 saturated heterocycles. The number of hydrogen-bond donors (Lipinski definition) is 0. The van der Waals surface area contributed by atoms with E-state index >= 15 is 0 Å². The van der Waals surface area contributed by atoms with Crippen LogP contribution in [0.1, 0.15) is 46.0 Å². The van der Waals surface area contributed by atoms with Gasteiger partial charge in [-0.3, -0.25) is 24.1 Å². The highest BCUT2D eigenvalue weighted by Gasteiger charge is 2.24. The van der Waals surface area contributed by atoms with E-state index in [1.165, 1.54) is 27.2 Å². The number of esters is 1. The van der Waals surface area contributed by atoms with Gasteiger partial charge >= 0.3 is 5.97 Å². The molecule has 1 aliphatic heterocycles. The maximum absolute atomic E-state index is 13.5. The van der Waals surface area contributed by atoms with Crippen molar-refractivity contribution in [2.24, 2.45) is 4.99 Å². The number of pyridine rings is 2. The van der Waals surface area contributed by atoms with Crippen LogP contribution in [0.3, 0.4) is 0 Å². The van der Waals surface area contributed by atoms with E-state index in [2.05, 4.69) is 9.98 Å². The van der Waals surface area contributed by atoms with Crippen molar-refractivity contribution in [3.8, 4) is 0 Å². The Balaban J connectivity index is 1.84. The molecule has 0 bridgehead atoms. The Morgan fingerprint density at radius 2 is 2.08 bits per heavy atom. The molecule has 0 aliphatic carbocycles. The zero-order chi connectivity index (χ0) is 27.7. The first kappa shape index (κ1) is 25.9. The second-order valence-electron chi connectivity index (χ2n) is 9.11. The molecule has 1 amide bonds. The Bertz CT molecular complexity index is 1770. The third kappa shape index (κ3) is 4.93. The average Bonchev–Trinajstić information content (AvgIpc) is 3.43. The number of carbonyl (C=O) groups is 2. The zero-order valence-electron chi connectivity index (χ0n) is 21.3. The molecule has 12 heteroatoms. The minimum atomic E-state index is -0.804. The fourth-order valence-electron chi connectivity index (χ4n) is 4.62. The summed E-state index contributed by atoms with van der Waals surface area (Å²) in [4.78, 5) is 59.8. The molecule has 1 fully saturated rings. The Labute approximate surface area is 221 Å². The van der Waals surface area contributed by atoms with Gasteiger partial charge in [0.15, 0.2) is 5.49 Å². The van der Waals surface area contributed by atoms with Crippen LogP contribution in [-0.2, 0) is 16.0 Å². The summed E-state index contributed by atoms with van der Waals surface area (Å²) in [5, 5.41) is 11.6. The quantitative estimate of drug-likeness (QED) is 0.160. The molecular formula is C27H25N5O7. The van der Waals surface area contributed by atoms with E-state index in [4.69, 9.17) is 9.47 Å². The minimum absolute atomic E-state index is 0.0302. The van der Waals surface area contributed by atoms with Crippen molar-refractivity contribution in [2.45, 2.75) is 39.3 Å².